The van der Waals surface area contributed by atoms with Crippen LogP contribution in [0.25, 0.3) is 0 Å². The zero-order valence-electron chi connectivity index (χ0n) is 13.9. The zero-order valence-corrected chi connectivity index (χ0v) is 13.9. The second-order valence-electron chi connectivity index (χ2n) is 6.26. The molecule has 0 aromatic carbocycles. The molecule has 1 saturated carbocycles. The molecule has 0 saturated heterocycles. The highest BCUT2D eigenvalue weighted by molar-refractivity contribution is 4.73. The summed E-state index contributed by atoms with van der Waals surface area (Å²) in [4.78, 5) is 0. The van der Waals surface area contributed by atoms with Crippen molar-refractivity contribution in [2.24, 2.45) is 0 Å². The summed E-state index contributed by atoms with van der Waals surface area (Å²) >= 11 is 0. The summed E-state index contributed by atoms with van der Waals surface area (Å²) in [5.74, 6) is 0. The first-order valence-electron chi connectivity index (χ1n) is 9.10. The van der Waals surface area contributed by atoms with Gasteiger partial charge in [-0.2, -0.15) is 0 Å². The first kappa shape index (κ1) is 18.0. The maximum atomic E-state index is 5.98. The predicted molar refractivity (Wildman–Crippen MR) is 86.2 cm³/mol. The molecule has 0 heterocycles. The van der Waals surface area contributed by atoms with Gasteiger partial charge in [-0.25, -0.2) is 0 Å². The molecule has 0 unspecified atom stereocenters. The third-order valence-electron chi connectivity index (χ3n) is 4.32. The van der Waals surface area contributed by atoms with Crippen molar-refractivity contribution in [3.8, 4) is 0 Å². The molecule has 0 bridgehead atoms. The summed E-state index contributed by atoms with van der Waals surface area (Å²) in [7, 11) is 0. The van der Waals surface area contributed by atoms with Crippen LogP contribution < -0.4 is 0 Å². The quantitative estimate of drug-likeness (QED) is 0.441. The second kappa shape index (κ2) is 12.6. The lowest BCUT2D eigenvalue weighted by molar-refractivity contribution is -0.0326. The molecule has 0 radical (unpaired) electrons. The number of hydrogen-bond acceptors (Lipinski definition) is 2. The van der Waals surface area contributed by atoms with Crippen LogP contribution in [0.15, 0.2) is 0 Å². The zero-order chi connectivity index (χ0) is 14.5. The maximum absolute atomic E-state index is 5.98. The highest BCUT2D eigenvalue weighted by atomic mass is 16.5. The standard InChI is InChI=1S/C18H36O2/c1-3-5-7-9-15-19-17-11-13-18(14-12-17)20-16-10-8-6-4-2/h17-18H,3-16H2,1-2H3. The number of unbranched alkanes of at least 4 members (excludes halogenated alkanes) is 6. The van der Waals surface area contributed by atoms with Gasteiger partial charge in [0.25, 0.3) is 0 Å². The molecule has 0 atom stereocenters. The van der Waals surface area contributed by atoms with Crippen LogP contribution in [-0.2, 0) is 9.47 Å². The summed E-state index contributed by atoms with van der Waals surface area (Å²) in [6, 6.07) is 0. The van der Waals surface area contributed by atoms with Crippen molar-refractivity contribution in [2.75, 3.05) is 13.2 Å². The van der Waals surface area contributed by atoms with Gasteiger partial charge in [-0.05, 0) is 38.5 Å². The Bertz CT molecular complexity index is 176. The lowest BCUT2D eigenvalue weighted by atomic mass is 9.95. The minimum absolute atomic E-state index is 0.511. The van der Waals surface area contributed by atoms with Crippen LogP contribution in [-0.4, -0.2) is 25.4 Å². The molecule has 0 amide bonds. The Labute approximate surface area is 126 Å². The summed E-state index contributed by atoms with van der Waals surface area (Å²) in [6.45, 7) is 6.44. The molecule has 2 nitrogen and oxygen atoms in total. The van der Waals surface area contributed by atoms with Crippen LogP contribution in [0, 0.1) is 0 Å². The van der Waals surface area contributed by atoms with E-state index in [4.69, 9.17) is 9.47 Å². The minimum Gasteiger partial charge on any atom is -0.378 e. The van der Waals surface area contributed by atoms with E-state index in [1.165, 1.54) is 77.0 Å². The van der Waals surface area contributed by atoms with Gasteiger partial charge < -0.3 is 9.47 Å². The van der Waals surface area contributed by atoms with Crippen LogP contribution in [0.4, 0.5) is 0 Å². The molecule has 0 aliphatic heterocycles. The van der Waals surface area contributed by atoms with E-state index in [1.807, 2.05) is 0 Å². The predicted octanol–water partition coefficient (Wildman–Crippen LogP) is 5.49. The fourth-order valence-electron chi connectivity index (χ4n) is 2.92. The topological polar surface area (TPSA) is 18.5 Å². The molecule has 1 fully saturated rings. The van der Waals surface area contributed by atoms with Gasteiger partial charge in [0.15, 0.2) is 0 Å². The van der Waals surface area contributed by atoms with Crippen molar-refractivity contribution in [3.05, 3.63) is 0 Å². The van der Waals surface area contributed by atoms with E-state index in [2.05, 4.69) is 13.8 Å². The van der Waals surface area contributed by atoms with Crippen LogP contribution in [0.1, 0.15) is 90.9 Å². The third kappa shape index (κ3) is 8.97. The van der Waals surface area contributed by atoms with Gasteiger partial charge in [0, 0.05) is 13.2 Å². The molecule has 0 N–H and O–H groups in total. The van der Waals surface area contributed by atoms with Crippen molar-refractivity contribution in [3.63, 3.8) is 0 Å². The van der Waals surface area contributed by atoms with Crippen molar-refractivity contribution in [1.82, 2.24) is 0 Å². The first-order valence-corrected chi connectivity index (χ1v) is 9.10. The molecule has 20 heavy (non-hydrogen) atoms. The lowest BCUT2D eigenvalue weighted by Crippen LogP contribution is -2.27. The van der Waals surface area contributed by atoms with Gasteiger partial charge in [-0.1, -0.05) is 52.4 Å². The Morgan fingerprint density at radius 1 is 0.600 bits per heavy atom. The fourth-order valence-corrected chi connectivity index (χ4v) is 2.92. The van der Waals surface area contributed by atoms with E-state index in [1.54, 1.807) is 0 Å². The van der Waals surface area contributed by atoms with Gasteiger partial charge in [0.2, 0.25) is 0 Å². The van der Waals surface area contributed by atoms with Crippen LogP contribution >= 0.6 is 0 Å². The van der Waals surface area contributed by atoms with Gasteiger partial charge in [0.1, 0.15) is 0 Å². The SMILES string of the molecule is CCCCCCOC1CCC(OCCCCCC)CC1. The summed E-state index contributed by atoms with van der Waals surface area (Å²) < 4.78 is 12.0. The van der Waals surface area contributed by atoms with Crippen molar-refractivity contribution in [1.29, 1.82) is 0 Å². The highest BCUT2D eigenvalue weighted by Crippen LogP contribution is 2.24. The van der Waals surface area contributed by atoms with E-state index in [-0.39, 0.29) is 0 Å². The number of hydrogen-bond donors (Lipinski definition) is 0. The van der Waals surface area contributed by atoms with Crippen LogP contribution in [0.3, 0.4) is 0 Å². The lowest BCUT2D eigenvalue weighted by Gasteiger charge is -2.28. The smallest absolute Gasteiger partial charge is 0.0577 e. The van der Waals surface area contributed by atoms with Crippen LogP contribution in [0.2, 0.25) is 0 Å². The van der Waals surface area contributed by atoms with Gasteiger partial charge in [-0.3, -0.25) is 0 Å². The van der Waals surface area contributed by atoms with E-state index >= 15 is 0 Å². The molecule has 0 spiro atoms. The Morgan fingerprint density at radius 3 is 1.35 bits per heavy atom. The molecule has 2 heteroatoms. The summed E-state index contributed by atoms with van der Waals surface area (Å²) in [6.07, 6.45) is 16.3. The molecule has 0 aromatic heterocycles. The van der Waals surface area contributed by atoms with Gasteiger partial charge >= 0.3 is 0 Å². The largest absolute Gasteiger partial charge is 0.378 e. The number of ether oxygens (including phenoxy) is 2. The first-order chi connectivity index (χ1) is 9.86. The average molecular weight is 284 g/mol. The highest BCUT2D eigenvalue weighted by Gasteiger charge is 2.21. The van der Waals surface area contributed by atoms with Crippen LogP contribution in [0.5, 0.6) is 0 Å². The molecular weight excluding hydrogens is 248 g/mol. The average Bonchev–Trinajstić information content (AvgIpc) is 2.48. The molecular formula is C18H36O2. The summed E-state index contributed by atoms with van der Waals surface area (Å²) in [5, 5.41) is 0. The normalized spacial score (nSPS) is 23.1. The van der Waals surface area contributed by atoms with Gasteiger partial charge in [-0.15, -0.1) is 0 Å². The molecule has 1 rings (SSSR count). The molecule has 120 valence electrons. The Kier molecular flexibility index (Phi) is 11.4. The van der Waals surface area contributed by atoms with E-state index in [0.29, 0.717) is 12.2 Å². The molecule has 1 aliphatic carbocycles. The third-order valence-corrected chi connectivity index (χ3v) is 4.32. The van der Waals surface area contributed by atoms with E-state index < -0.39 is 0 Å². The fraction of sp³-hybridized carbons (Fsp3) is 1.00. The Morgan fingerprint density at radius 2 is 1.00 bits per heavy atom. The van der Waals surface area contributed by atoms with Gasteiger partial charge in [0.05, 0.1) is 12.2 Å². The van der Waals surface area contributed by atoms with E-state index in [0.717, 1.165) is 13.2 Å². The monoisotopic (exact) mass is 284 g/mol. The molecule has 0 aromatic rings. The van der Waals surface area contributed by atoms with Crippen molar-refractivity contribution >= 4 is 0 Å². The second-order valence-corrected chi connectivity index (χ2v) is 6.26. The summed E-state index contributed by atoms with van der Waals surface area (Å²) in [5.41, 5.74) is 0. The number of rotatable bonds is 12. The minimum atomic E-state index is 0.511. The van der Waals surface area contributed by atoms with Crippen molar-refractivity contribution < 1.29 is 9.47 Å². The van der Waals surface area contributed by atoms with E-state index in [9.17, 15) is 0 Å². The maximum Gasteiger partial charge on any atom is 0.0577 e. The Hall–Kier alpha value is -0.0800. The Balaban J connectivity index is 1.91. The van der Waals surface area contributed by atoms with Crippen molar-refractivity contribution in [2.45, 2.75) is 103 Å². The molecule has 1 aliphatic rings.